The van der Waals surface area contributed by atoms with Crippen molar-refractivity contribution in [2.45, 2.75) is 13.0 Å². The molecule has 0 radical (unpaired) electrons. The minimum Gasteiger partial charge on any atom is -0.497 e. The lowest BCUT2D eigenvalue weighted by atomic mass is 10.2. The molecule has 0 saturated carbocycles. The van der Waals surface area contributed by atoms with Crippen LogP contribution in [-0.2, 0) is 6.54 Å². The maximum Gasteiger partial charge on any atom is 0.261 e. The molecule has 0 N–H and O–H groups in total. The first-order valence-corrected chi connectivity index (χ1v) is 10.8. The minimum absolute atomic E-state index is 0. The summed E-state index contributed by atoms with van der Waals surface area (Å²) in [5, 5.41) is 1.41. The van der Waals surface area contributed by atoms with Crippen LogP contribution < -0.4 is 9.64 Å². The molecule has 2 heterocycles. The molecule has 4 aromatic rings. The molecule has 0 saturated heterocycles. The zero-order valence-electron chi connectivity index (χ0n) is 16.5. The van der Waals surface area contributed by atoms with E-state index in [0.29, 0.717) is 27.3 Å². The summed E-state index contributed by atoms with van der Waals surface area (Å²) in [5.41, 5.74) is 1.20. The Morgan fingerprint density at radius 1 is 1.23 bits per heavy atom. The molecule has 4 rings (SSSR count). The number of rotatable bonds is 7. The van der Waals surface area contributed by atoms with Crippen molar-refractivity contribution in [3.05, 3.63) is 70.7 Å². The summed E-state index contributed by atoms with van der Waals surface area (Å²) < 4.78 is 8.22. The smallest absolute Gasteiger partial charge is 0.261 e. The minimum atomic E-state index is -0.215. The maximum atomic E-state index is 13.4. The highest BCUT2D eigenvalue weighted by Crippen LogP contribution is 2.33. The molecule has 2 aromatic carbocycles. The molecule has 0 aliphatic carbocycles. The van der Waals surface area contributed by atoms with E-state index in [1.165, 1.54) is 11.3 Å². The number of aryl methyl sites for hydroxylation is 1. The monoisotopic (exact) mass is 496 g/mol. The number of fused-ring (bicyclic) bond motifs is 1. The Morgan fingerprint density at radius 2 is 2.06 bits per heavy atom. The summed E-state index contributed by atoms with van der Waals surface area (Å²) in [7, 11) is 1.62. The second-order valence-corrected chi connectivity index (χ2v) is 8.42. The van der Waals surface area contributed by atoms with Gasteiger partial charge in [-0.25, -0.2) is 9.97 Å². The van der Waals surface area contributed by atoms with Gasteiger partial charge in [0.15, 0.2) is 5.13 Å². The van der Waals surface area contributed by atoms with Gasteiger partial charge >= 0.3 is 0 Å². The van der Waals surface area contributed by atoms with Crippen molar-refractivity contribution < 1.29 is 9.53 Å². The van der Waals surface area contributed by atoms with Gasteiger partial charge in [0.25, 0.3) is 5.91 Å². The number of hydrogen-bond acceptors (Lipinski definition) is 5. The number of ether oxygens (including phenoxy) is 1. The SMILES string of the molecule is COc1ccc2nc(N(CCCn3ccnc3)C(=O)c3ccc(Cl)cc3Cl)sc2c1.Cl. The Morgan fingerprint density at radius 3 is 2.77 bits per heavy atom. The van der Waals surface area contributed by atoms with E-state index >= 15 is 0 Å². The summed E-state index contributed by atoms with van der Waals surface area (Å²) in [6.45, 7) is 1.21. The fourth-order valence-corrected chi connectivity index (χ4v) is 4.57. The van der Waals surface area contributed by atoms with Crippen molar-refractivity contribution in [1.82, 2.24) is 14.5 Å². The lowest BCUT2D eigenvalue weighted by molar-refractivity contribution is 0.0986. The van der Waals surface area contributed by atoms with Crippen LogP contribution in [0.4, 0.5) is 5.13 Å². The van der Waals surface area contributed by atoms with Gasteiger partial charge in [0.1, 0.15) is 5.75 Å². The molecule has 0 unspecified atom stereocenters. The molecule has 0 fully saturated rings. The number of carbonyl (C=O) groups excluding carboxylic acids is 1. The van der Waals surface area contributed by atoms with Crippen molar-refractivity contribution >= 4 is 68.2 Å². The number of aromatic nitrogens is 3. The van der Waals surface area contributed by atoms with E-state index in [0.717, 1.165) is 28.9 Å². The van der Waals surface area contributed by atoms with Gasteiger partial charge in [-0.05, 0) is 42.8 Å². The van der Waals surface area contributed by atoms with Crippen LogP contribution >= 0.6 is 46.9 Å². The fourth-order valence-electron chi connectivity index (χ4n) is 3.06. The predicted octanol–water partition coefficient (Wildman–Crippen LogP) is 5.97. The number of thiazole rings is 1. The van der Waals surface area contributed by atoms with Gasteiger partial charge in [0.05, 0.1) is 34.2 Å². The molecule has 0 aliphatic heterocycles. The van der Waals surface area contributed by atoms with Gasteiger partial charge in [-0.3, -0.25) is 9.69 Å². The Labute approximate surface area is 199 Å². The van der Waals surface area contributed by atoms with Gasteiger partial charge in [-0.1, -0.05) is 34.5 Å². The average Bonchev–Trinajstić information content (AvgIpc) is 3.39. The second kappa shape index (κ2) is 10.3. The molecule has 31 heavy (non-hydrogen) atoms. The molecule has 0 bridgehead atoms. The van der Waals surface area contributed by atoms with Crippen LogP contribution in [0.15, 0.2) is 55.1 Å². The molecule has 0 aliphatic rings. The average molecular weight is 498 g/mol. The Hall–Kier alpha value is -2.32. The van der Waals surface area contributed by atoms with Gasteiger partial charge in [-0.2, -0.15) is 0 Å². The van der Waals surface area contributed by atoms with E-state index in [-0.39, 0.29) is 18.3 Å². The van der Waals surface area contributed by atoms with E-state index in [2.05, 4.69) is 9.97 Å². The topological polar surface area (TPSA) is 60.2 Å². The second-order valence-electron chi connectivity index (χ2n) is 6.57. The van der Waals surface area contributed by atoms with E-state index < -0.39 is 0 Å². The van der Waals surface area contributed by atoms with Crippen LogP contribution in [0.25, 0.3) is 10.2 Å². The normalized spacial score (nSPS) is 10.7. The third-order valence-electron chi connectivity index (χ3n) is 4.58. The van der Waals surface area contributed by atoms with E-state index in [1.54, 1.807) is 42.7 Å². The van der Waals surface area contributed by atoms with Crippen LogP contribution in [0.5, 0.6) is 5.75 Å². The summed E-state index contributed by atoms with van der Waals surface area (Å²) in [4.78, 5) is 23.8. The predicted molar refractivity (Wildman–Crippen MR) is 128 cm³/mol. The molecule has 2 aromatic heterocycles. The van der Waals surface area contributed by atoms with Crippen LogP contribution in [0, 0.1) is 0 Å². The number of methoxy groups -OCH3 is 1. The number of imidazole rings is 1. The Bertz CT molecular complexity index is 1180. The van der Waals surface area contributed by atoms with Crippen LogP contribution in [0.2, 0.25) is 10.0 Å². The van der Waals surface area contributed by atoms with Crippen LogP contribution in [0.1, 0.15) is 16.8 Å². The van der Waals surface area contributed by atoms with Crippen molar-refractivity contribution in [1.29, 1.82) is 0 Å². The van der Waals surface area contributed by atoms with E-state index in [1.807, 2.05) is 29.0 Å². The van der Waals surface area contributed by atoms with E-state index in [9.17, 15) is 4.79 Å². The number of anilines is 1. The largest absolute Gasteiger partial charge is 0.497 e. The van der Waals surface area contributed by atoms with Gasteiger partial charge in [-0.15, -0.1) is 12.4 Å². The zero-order valence-corrected chi connectivity index (χ0v) is 19.6. The number of amides is 1. The highest BCUT2D eigenvalue weighted by molar-refractivity contribution is 7.22. The molecule has 162 valence electrons. The number of halogens is 3. The third-order valence-corrected chi connectivity index (χ3v) is 6.17. The Kier molecular flexibility index (Phi) is 7.78. The first-order valence-electron chi connectivity index (χ1n) is 9.22. The van der Waals surface area contributed by atoms with Crippen LogP contribution in [-0.4, -0.2) is 34.1 Å². The standard InChI is InChI=1S/C21H18Cl2N4O2S.ClH/c1-29-15-4-6-18-19(12-15)30-21(25-18)27(9-2-8-26-10-7-24-13-26)20(28)16-5-3-14(22)11-17(16)23;/h3-7,10-13H,2,8-9H2,1H3;1H. The molecular formula is C21H19Cl3N4O2S. The molecule has 0 atom stereocenters. The summed E-state index contributed by atoms with van der Waals surface area (Å²) in [5.74, 6) is 0.532. The number of carbonyl (C=O) groups is 1. The molecule has 6 nitrogen and oxygen atoms in total. The zero-order chi connectivity index (χ0) is 21.1. The molecule has 0 spiro atoms. The maximum absolute atomic E-state index is 13.4. The number of nitrogens with zero attached hydrogens (tertiary/aromatic N) is 4. The summed E-state index contributed by atoms with van der Waals surface area (Å²) >= 11 is 13.8. The van der Waals surface area contributed by atoms with Gasteiger partial charge in [0.2, 0.25) is 0 Å². The molecule has 1 amide bonds. The third kappa shape index (κ3) is 5.30. The van der Waals surface area contributed by atoms with Gasteiger partial charge < -0.3 is 9.30 Å². The summed E-state index contributed by atoms with van der Waals surface area (Å²) in [6.07, 6.45) is 6.11. The lowest BCUT2D eigenvalue weighted by Gasteiger charge is -2.20. The highest BCUT2D eigenvalue weighted by Gasteiger charge is 2.23. The first kappa shape index (κ1) is 23.3. The van der Waals surface area contributed by atoms with Crippen molar-refractivity contribution in [3.63, 3.8) is 0 Å². The van der Waals surface area contributed by atoms with Crippen molar-refractivity contribution in [2.24, 2.45) is 0 Å². The van der Waals surface area contributed by atoms with Gasteiger partial charge in [0, 0.05) is 30.5 Å². The first-order chi connectivity index (χ1) is 14.5. The Balaban J connectivity index is 0.00000272. The quantitative estimate of drug-likeness (QED) is 0.316. The van der Waals surface area contributed by atoms with Crippen molar-refractivity contribution in [2.75, 3.05) is 18.6 Å². The van der Waals surface area contributed by atoms with Crippen LogP contribution in [0.3, 0.4) is 0 Å². The highest BCUT2D eigenvalue weighted by atomic mass is 35.5. The number of hydrogen-bond donors (Lipinski definition) is 0. The molecule has 10 heteroatoms. The van der Waals surface area contributed by atoms with E-state index in [4.69, 9.17) is 27.9 Å². The lowest BCUT2D eigenvalue weighted by Crippen LogP contribution is -2.32. The number of benzene rings is 2. The molecular weight excluding hydrogens is 479 g/mol. The summed E-state index contributed by atoms with van der Waals surface area (Å²) in [6, 6.07) is 10.5. The fraction of sp³-hybridized carbons (Fsp3) is 0.190. The van der Waals surface area contributed by atoms with Crippen molar-refractivity contribution in [3.8, 4) is 5.75 Å².